The molecule has 164 valence electrons. The summed E-state index contributed by atoms with van der Waals surface area (Å²) in [6.45, 7) is 3.05. The normalized spacial score (nSPS) is 11.0. The largest absolute Gasteiger partial charge is 0.480 e. The van der Waals surface area contributed by atoms with Gasteiger partial charge in [0, 0.05) is 18.6 Å². The number of aryl methyl sites for hydroxylation is 2. The molecule has 2 aromatic carbocycles. The molecular weight excluding hydrogens is 459 g/mol. The van der Waals surface area contributed by atoms with Crippen LogP contribution in [0.2, 0.25) is 10.0 Å². The Morgan fingerprint density at radius 3 is 2.50 bits per heavy atom. The highest BCUT2D eigenvalue weighted by Gasteiger charge is 2.17. The Hall–Kier alpha value is -3.56. The number of aromatic amines is 1. The molecule has 2 aromatic heterocycles. The van der Waals surface area contributed by atoms with E-state index in [1.54, 1.807) is 25.1 Å². The van der Waals surface area contributed by atoms with Gasteiger partial charge in [-0.25, -0.2) is 9.97 Å². The zero-order chi connectivity index (χ0) is 23.0. The average Bonchev–Trinajstić information content (AvgIpc) is 3.30. The van der Waals surface area contributed by atoms with E-state index < -0.39 is 18.4 Å². The molecule has 0 aliphatic carbocycles. The fraction of sp³-hybridized carbons (Fsp3) is 0.143. The number of oxazole rings is 1. The SMILES string of the molecule is Cc1nc(-c2nc3ccc(Oc4c(Cl)cc(C(=O)NCC(=O)O)cc4Cl)cc3[nH]2)c(C)o1. The van der Waals surface area contributed by atoms with Crippen LogP contribution in [0.25, 0.3) is 22.6 Å². The molecule has 0 spiro atoms. The molecule has 4 aromatic rings. The summed E-state index contributed by atoms with van der Waals surface area (Å²) in [5, 5.41) is 11.1. The molecule has 0 saturated heterocycles. The summed E-state index contributed by atoms with van der Waals surface area (Å²) in [7, 11) is 0. The summed E-state index contributed by atoms with van der Waals surface area (Å²) in [4.78, 5) is 34.7. The van der Waals surface area contributed by atoms with Gasteiger partial charge >= 0.3 is 5.97 Å². The monoisotopic (exact) mass is 474 g/mol. The molecule has 1 amide bonds. The van der Waals surface area contributed by atoms with Crippen LogP contribution in [0.5, 0.6) is 11.5 Å². The Balaban J connectivity index is 1.59. The summed E-state index contributed by atoms with van der Waals surface area (Å²) in [6, 6.07) is 7.90. The lowest BCUT2D eigenvalue weighted by atomic mass is 10.2. The second-order valence-electron chi connectivity index (χ2n) is 6.85. The third-order valence-electron chi connectivity index (χ3n) is 4.46. The van der Waals surface area contributed by atoms with Crippen molar-refractivity contribution in [3.05, 3.63) is 57.6 Å². The quantitative estimate of drug-likeness (QED) is 0.367. The smallest absolute Gasteiger partial charge is 0.322 e. The van der Waals surface area contributed by atoms with E-state index >= 15 is 0 Å². The summed E-state index contributed by atoms with van der Waals surface area (Å²) in [6.07, 6.45) is 0. The first-order chi connectivity index (χ1) is 15.2. The molecule has 0 aliphatic heterocycles. The number of nitrogens with zero attached hydrogens (tertiary/aromatic N) is 2. The van der Waals surface area contributed by atoms with Crippen molar-refractivity contribution >= 4 is 46.1 Å². The fourth-order valence-corrected chi connectivity index (χ4v) is 3.64. The predicted octanol–water partition coefficient (Wildman–Crippen LogP) is 4.75. The van der Waals surface area contributed by atoms with Gasteiger partial charge in [-0.3, -0.25) is 9.59 Å². The van der Waals surface area contributed by atoms with Crippen molar-refractivity contribution in [2.75, 3.05) is 6.54 Å². The maximum Gasteiger partial charge on any atom is 0.322 e. The van der Waals surface area contributed by atoms with Crippen molar-refractivity contribution in [1.29, 1.82) is 0 Å². The zero-order valence-corrected chi connectivity index (χ0v) is 18.3. The molecule has 0 atom stereocenters. The maximum absolute atomic E-state index is 12.1. The predicted molar refractivity (Wildman–Crippen MR) is 118 cm³/mol. The van der Waals surface area contributed by atoms with E-state index in [1.807, 2.05) is 6.92 Å². The number of fused-ring (bicyclic) bond motifs is 1. The van der Waals surface area contributed by atoms with Crippen molar-refractivity contribution in [3.8, 4) is 23.0 Å². The number of nitrogens with one attached hydrogen (secondary N) is 2. The Kier molecular flexibility index (Phi) is 5.77. The molecule has 0 bridgehead atoms. The van der Waals surface area contributed by atoms with Gasteiger partial charge in [-0.2, -0.15) is 0 Å². The van der Waals surface area contributed by atoms with Crippen LogP contribution in [-0.2, 0) is 4.79 Å². The number of imidazole rings is 1. The van der Waals surface area contributed by atoms with Crippen LogP contribution >= 0.6 is 23.2 Å². The van der Waals surface area contributed by atoms with Gasteiger partial charge in [0.15, 0.2) is 17.5 Å². The van der Waals surface area contributed by atoms with Crippen LogP contribution in [0, 0.1) is 13.8 Å². The lowest BCUT2D eigenvalue weighted by Crippen LogP contribution is -2.29. The molecule has 0 fully saturated rings. The van der Waals surface area contributed by atoms with Gasteiger partial charge in [-0.05, 0) is 31.2 Å². The molecule has 3 N–H and O–H groups in total. The minimum Gasteiger partial charge on any atom is -0.480 e. The lowest BCUT2D eigenvalue weighted by molar-refractivity contribution is -0.135. The van der Waals surface area contributed by atoms with Crippen LogP contribution in [-0.4, -0.2) is 38.5 Å². The number of H-pyrrole nitrogens is 1. The van der Waals surface area contributed by atoms with E-state index in [0.29, 0.717) is 40.0 Å². The van der Waals surface area contributed by atoms with Crippen LogP contribution in [0.15, 0.2) is 34.7 Å². The van der Waals surface area contributed by atoms with Gasteiger partial charge in [0.2, 0.25) is 0 Å². The number of hydrogen-bond donors (Lipinski definition) is 3. The number of carboxylic acids is 1. The van der Waals surface area contributed by atoms with E-state index in [4.69, 9.17) is 37.5 Å². The third-order valence-corrected chi connectivity index (χ3v) is 5.02. The maximum atomic E-state index is 12.1. The number of carboxylic acid groups (broad SMARTS) is 1. The molecule has 0 aliphatic rings. The van der Waals surface area contributed by atoms with Gasteiger partial charge in [-0.1, -0.05) is 23.2 Å². The molecule has 32 heavy (non-hydrogen) atoms. The van der Waals surface area contributed by atoms with E-state index in [2.05, 4.69) is 20.3 Å². The number of ether oxygens (including phenoxy) is 1. The van der Waals surface area contributed by atoms with Crippen molar-refractivity contribution in [1.82, 2.24) is 20.3 Å². The summed E-state index contributed by atoms with van der Waals surface area (Å²) >= 11 is 12.5. The first-order valence-electron chi connectivity index (χ1n) is 9.32. The number of benzene rings is 2. The van der Waals surface area contributed by atoms with Crippen LogP contribution in [0.4, 0.5) is 0 Å². The standard InChI is InChI=1S/C21H16Cl2N4O5/c1-9-18(25-10(2)31-9)20-26-15-4-3-12(7-16(15)27-20)32-19-13(22)5-11(6-14(19)23)21(30)24-8-17(28)29/h3-7H,8H2,1-2H3,(H,24,30)(H,26,27)(H,28,29). The Morgan fingerprint density at radius 2 is 1.88 bits per heavy atom. The number of aromatic nitrogens is 3. The van der Waals surface area contributed by atoms with Crippen LogP contribution in [0.3, 0.4) is 0 Å². The molecule has 0 unspecified atom stereocenters. The first-order valence-corrected chi connectivity index (χ1v) is 10.1. The molecule has 9 nitrogen and oxygen atoms in total. The second kappa shape index (κ2) is 8.52. The molecule has 0 saturated carbocycles. The van der Waals surface area contributed by atoms with E-state index in [-0.39, 0.29) is 21.4 Å². The summed E-state index contributed by atoms with van der Waals surface area (Å²) < 4.78 is 11.3. The van der Waals surface area contributed by atoms with Crippen molar-refractivity contribution in [2.24, 2.45) is 0 Å². The van der Waals surface area contributed by atoms with Crippen molar-refractivity contribution in [3.63, 3.8) is 0 Å². The molecular formula is C21H16Cl2N4O5. The molecule has 2 heterocycles. The van der Waals surface area contributed by atoms with Crippen LogP contribution < -0.4 is 10.1 Å². The van der Waals surface area contributed by atoms with E-state index in [0.717, 1.165) is 0 Å². The van der Waals surface area contributed by atoms with E-state index in [1.165, 1.54) is 12.1 Å². The molecule has 0 radical (unpaired) electrons. The average molecular weight is 475 g/mol. The Morgan fingerprint density at radius 1 is 1.16 bits per heavy atom. The van der Waals surface area contributed by atoms with Crippen molar-refractivity contribution in [2.45, 2.75) is 13.8 Å². The van der Waals surface area contributed by atoms with Gasteiger partial charge < -0.3 is 24.6 Å². The van der Waals surface area contributed by atoms with Crippen LogP contribution in [0.1, 0.15) is 22.0 Å². The number of amides is 1. The number of rotatable bonds is 6. The van der Waals surface area contributed by atoms with Gasteiger partial charge in [0.05, 0.1) is 21.1 Å². The van der Waals surface area contributed by atoms with E-state index in [9.17, 15) is 9.59 Å². The summed E-state index contributed by atoms with van der Waals surface area (Å²) in [5.41, 5.74) is 2.15. The molecule has 11 heteroatoms. The van der Waals surface area contributed by atoms with Gasteiger partial charge in [0.1, 0.15) is 23.7 Å². The van der Waals surface area contributed by atoms with Gasteiger partial charge in [-0.15, -0.1) is 0 Å². The van der Waals surface area contributed by atoms with Gasteiger partial charge in [0.25, 0.3) is 5.91 Å². The Bertz CT molecular complexity index is 1340. The highest BCUT2D eigenvalue weighted by molar-refractivity contribution is 6.37. The minimum atomic E-state index is -1.17. The number of aliphatic carboxylic acids is 1. The zero-order valence-electron chi connectivity index (χ0n) is 16.8. The topological polar surface area (TPSA) is 130 Å². The van der Waals surface area contributed by atoms with Crippen molar-refractivity contribution < 1.29 is 23.8 Å². The number of halogens is 2. The third kappa shape index (κ3) is 4.39. The number of carbonyl (C=O) groups is 2. The highest BCUT2D eigenvalue weighted by atomic mass is 35.5. The Labute approximate surface area is 191 Å². The summed E-state index contributed by atoms with van der Waals surface area (Å²) in [5.74, 6) is 0.585. The first kappa shape index (κ1) is 21.7. The lowest BCUT2D eigenvalue weighted by Gasteiger charge is -2.11. The fourth-order valence-electron chi connectivity index (χ4n) is 3.08. The highest BCUT2D eigenvalue weighted by Crippen LogP contribution is 2.38. The second-order valence-corrected chi connectivity index (χ2v) is 7.66. The number of carbonyl (C=O) groups excluding carboxylic acids is 1. The minimum absolute atomic E-state index is 0.0945. The number of hydrogen-bond acceptors (Lipinski definition) is 6. The molecule has 4 rings (SSSR count).